The van der Waals surface area contributed by atoms with E-state index >= 15 is 0 Å². The molecule has 0 aliphatic heterocycles. The first-order valence-corrected chi connectivity index (χ1v) is 7.78. The van der Waals surface area contributed by atoms with Crippen molar-refractivity contribution in [1.82, 2.24) is 0 Å². The molecule has 2 rings (SSSR count). The van der Waals surface area contributed by atoms with Crippen molar-refractivity contribution >= 4 is 45.8 Å². The van der Waals surface area contributed by atoms with Crippen LogP contribution in [0.4, 0.5) is 5.69 Å². The summed E-state index contributed by atoms with van der Waals surface area (Å²) in [5, 5.41) is 10.2. The molecule has 2 aromatic carbocycles. The van der Waals surface area contributed by atoms with E-state index in [-0.39, 0.29) is 11.0 Å². The summed E-state index contributed by atoms with van der Waals surface area (Å²) in [6.07, 6.45) is 1.70. The van der Waals surface area contributed by atoms with Gasteiger partial charge in [-0.3, -0.25) is 0 Å². The van der Waals surface area contributed by atoms with Crippen LogP contribution in [0.1, 0.15) is 6.92 Å². The number of carboxylic acid groups (broad SMARTS) is 1. The number of hydrogen-bond acceptors (Lipinski definition) is 2. The number of nitrogens with zero attached hydrogens (tertiary/aromatic N) is 1. The van der Waals surface area contributed by atoms with Gasteiger partial charge in [-0.15, -0.1) is 6.58 Å². The highest BCUT2D eigenvalue weighted by molar-refractivity contribution is 6.41. The van der Waals surface area contributed by atoms with Gasteiger partial charge in [-0.25, -0.2) is 4.79 Å². The molecule has 0 bridgehead atoms. The maximum absolute atomic E-state index is 10.9. The third-order valence-corrected chi connectivity index (χ3v) is 3.82. The van der Waals surface area contributed by atoms with E-state index in [9.17, 15) is 4.79 Å². The summed E-state index contributed by atoms with van der Waals surface area (Å²) in [5.41, 5.74) is 0.896. The lowest BCUT2D eigenvalue weighted by Gasteiger charge is -2.27. The van der Waals surface area contributed by atoms with E-state index in [4.69, 9.17) is 28.3 Å². The zero-order chi connectivity index (χ0) is 17.2. The SMILES string of the molecule is C=CCN(c1ccccc1)C(C)C(=O)O.Clc1ccccc1Cl.[SiH4]. The number of halogens is 2. The Morgan fingerprint density at radius 3 is 1.96 bits per heavy atom. The second-order valence-electron chi connectivity index (χ2n) is 4.70. The minimum Gasteiger partial charge on any atom is -0.480 e. The Balaban J connectivity index is 0.000000498. The van der Waals surface area contributed by atoms with Gasteiger partial charge in [0.25, 0.3) is 0 Å². The van der Waals surface area contributed by atoms with Gasteiger partial charge in [0.15, 0.2) is 0 Å². The highest BCUT2D eigenvalue weighted by atomic mass is 35.5. The molecule has 1 N–H and O–H groups in total. The minimum absolute atomic E-state index is 0. The van der Waals surface area contributed by atoms with Gasteiger partial charge in [-0.05, 0) is 42.2 Å². The van der Waals surface area contributed by atoms with Gasteiger partial charge < -0.3 is 10.0 Å². The van der Waals surface area contributed by atoms with Crippen LogP contribution in [0, 0.1) is 0 Å². The van der Waals surface area contributed by atoms with Crippen LogP contribution < -0.4 is 4.90 Å². The summed E-state index contributed by atoms with van der Waals surface area (Å²) in [5.74, 6) is -0.833. The molecule has 1 atom stereocenters. The Labute approximate surface area is 157 Å². The molecule has 6 heteroatoms. The van der Waals surface area contributed by atoms with Crippen LogP contribution in [-0.2, 0) is 4.79 Å². The second-order valence-corrected chi connectivity index (χ2v) is 5.52. The second kappa shape index (κ2) is 11.7. The van der Waals surface area contributed by atoms with Crippen LogP contribution >= 0.6 is 23.2 Å². The smallest absolute Gasteiger partial charge is 0.326 e. The van der Waals surface area contributed by atoms with E-state index in [0.717, 1.165) is 5.69 Å². The predicted octanol–water partition coefficient (Wildman–Crippen LogP) is 3.69. The number of anilines is 1. The first-order valence-electron chi connectivity index (χ1n) is 7.02. The Bertz CT molecular complexity index is 617. The molecule has 24 heavy (non-hydrogen) atoms. The van der Waals surface area contributed by atoms with E-state index in [0.29, 0.717) is 16.6 Å². The monoisotopic (exact) mass is 383 g/mol. The number of para-hydroxylation sites is 1. The van der Waals surface area contributed by atoms with Crippen molar-refractivity contribution in [1.29, 1.82) is 0 Å². The molecule has 0 aromatic heterocycles. The lowest BCUT2D eigenvalue weighted by atomic mass is 10.2. The van der Waals surface area contributed by atoms with Crippen molar-refractivity contribution in [2.75, 3.05) is 11.4 Å². The first kappa shape index (κ1) is 22.2. The quantitative estimate of drug-likeness (QED) is 0.631. The maximum atomic E-state index is 10.9. The summed E-state index contributed by atoms with van der Waals surface area (Å²) >= 11 is 11.2. The van der Waals surface area contributed by atoms with Gasteiger partial charge in [0.05, 0.1) is 10.0 Å². The van der Waals surface area contributed by atoms with Crippen LogP contribution in [0.15, 0.2) is 67.3 Å². The molecule has 0 spiro atoms. The number of aliphatic carboxylic acids is 1. The lowest BCUT2D eigenvalue weighted by Crippen LogP contribution is -2.39. The molecule has 0 fully saturated rings. The van der Waals surface area contributed by atoms with Gasteiger partial charge in [0.1, 0.15) is 6.04 Å². The molecular formula is C18H23Cl2NO2Si. The standard InChI is InChI=1S/C12H15NO2.C6H4Cl2.H4Si/c1-3-9-13(10(2)12(14)15)11-7-5-4-6-8-11;7-5-3-1-2-4-6(5)8;/h3-8,10H,1,9H2,2H3,(H,14,15);1-4H;1H4. The zero-order valence-electron chi connectivity index (χ0n) is 12.8. The molecular weight excluding hydrogens is 361 g/mol. The van der Waals surface area contributed by atoms with Crippen molar-refractivity contribution < 1.29 is 9.90 Å². The van der Waals surface area contributed by atoms with Crippen molar-refractivity contribution in [3.63, 3.8) is 0 Å². The molecule has 130 valence electrons. The molecule has 0 aliphatic carbocycles. The van der Waals surface area contributed by atoms with Crippen LogP contribution in [-0.4, -0.2) is 34.6 Å². The number of carbonyl (C=O) groups is 1. The third kappa shape index (κ3) is 7.21. The fourth-order valence-electron chi connectivity index (χ4n) is 1.82. The molecule has 0 radical (unpaired) electrons. The molecule has 1 unspecified atom stereocenters. The Hall–Kier alpha value is -1.75. The summed E-state index contributed by atoms with van der Waals surface area (Å²) < 4.78 is 0. The Kier molecular flexibility index (Phi) is 10.9. The third-order valence-electron chi connectivity index (χ3n) is 3.06. The fourth-order valence-corrected chi connectivity index (χ4v) is 2.09. The van der Waals surface area contributed by atoms with Gasteiger partial charge >= 0.3 is 5.97 Å². The number of carboxylic acids is 1. The van der Waals surface area contributed by atoms with Gasteiger partial charge in [0, 0.05) is 12.2 Å². The topological polar surface area (TPSA) is 40.5 Å². The Morgan fingerprint density at radius 2 is 1.58 bits per heavy atom. The van der Waals surface area contributed by atoms with Crippen molar-refractivity contribution in [3.8, 4) is 0 Å². The van der Waals surface area contributed by atoms with Crippen molar-refractivity contribution in [2.24, 2.45) is 0 Å². The average Bonchev–Trinajstić information content (AvgIpc) is 2.56. The largest absolute Gasteiger partial charge is 0.480 e. The van der Waals surface area contributed by atoms with E-state index in [1.807, 2.05) is 42.5 Å². The molecule has 2 aromatic rings. The number of hydrogen-bond donors (Lipinski definition) is 1. The van der Waals surface area contributed by atoms with E-state index < -0.39 is 12.0 Å². The van der Waals surface area contributed by atoms with E-state index in [1.54, 1.807) is 30.0 Å². The van der Waals surface area contributed by atoms with Gasteiger partial charge in [0.2, 0.25) is 0 Å². The average molecular weight is 384 g/mol. The molecule has 3 nitrogen and oxygen atoms in total. The summed E-state index contributed by atoms with van der Waals surface area (Å²) in [7, 11) is 0. The van der Waals surface area contributed by atoms with Crippen LogP contribution in [0.25, 0.3) is 0 Å². The van der Waals surface area contributed by atoms with Gasteiger partial charge in [-0.1, -0.05) is 59.6 Å². The van der Waals surface area contributed by atoms with Crippen LogP contribution in [0.2, 0.25) is 10.0 Å². The summed E-state index contributed by atoms with van der Waals surface area (Å²) in [6.45, 7) is 5.82. The summed E-state index contributed by atoms with van der Waals surface area (Å²) in [4.78, 5) is 12.7. The zero-order valence-corrected chi connectivity index (χ0v) is 14.3. The highest BCUT2D eigenvalue weighted by Crippen LogP contribution is 2.19. The molecule has 0 amide bonds. The van der Waals surface area contributed by atoms with E-state index in [2.05, 4.69) is 6.58 Å². The first-order chi connectivity index (χ1) is 11.0. The lowest BCUT2D eigenvalue weighted by molar-refractivity contribution is -0.138. The molecule has 0 saturated carbocycles. The van der Waals surface area contributed by atoms with Crippen LogP contribution in [0.5, 0.6) is 0 Å². The molecule has 0 saturated heterocycles. The fraction of sp³-hybridized carbons (Fsp3) is 0.167. The number of benzene rings is 2. The maximum Gasteiger partial charge on any atom is 0.326 e. The normalized spacial score (nSPS) is 10.5. The van der Waals surface area contributed by atoms with E-state index in [1.165, 1.54) is 0 Å². The van der Waals surface area contributed by atoms with Crippen LogP contribution in [0.3, 0.4) is 0 Å². The van der Waals surface area contributed by atoms with Crippen molar-refractivity contribution in [2.45, 2.75) is 13.0 Å². The number of rotatable bonds is 5. The molecule has 0 heterocycles. The van der Waals surface area contributed by atoms with Gasteiger partial charge in [-0.2, -0.15) is 0 Å². The minimum atomic E-state index is -0.833. The van der Waals surface area contributed by atoms with Crippen molar-refractivity contribution in [3.05, 3.63) is 77.3 Å². The molecule has 0 aliphatic rings. The predicted molar refractivity (Wildman–Crippen MR) is 109 cm³/mol. The summed E-state index contributed by atoms with van der Waals surface area (Å²) in [6, 6.07) is 16.1. The highest BCUT2D eigenvalue weighted by Gasteiger charge is 2.19. The Morgan fingerprint density at radius 1 is 1.12 bits per heavy atom.